The van der Waals surface area contributed by atoms with Crippen LogP contribution in [0.4, 0.5) is 5.69 Å². The largest absolute Gasteiger partial charge is 0.325 e. The van der Waals surface area contributed by atoms with Crippen LogP contribution in [0.15, 0.2) is 40.9 Å². The van der Waals surface area contributed by atoms with Gasteiger partial charge in [-0.15, -0.1) is 21.5 Å². The van der Waals surface area contributed by atoms with Crippen LogP contribution in [0.2, 0.25) is 5.02 Å². The number of thioether (sulfide) groups is 1. The van der Waals surface area contributed by atoms with Crippen molar-refractivity contribution in [3.63, 3.8) is 0 Å². The Morgan fingerprint density at radius 3 is 2.72 bits per heavy atom. The molecule has 2 heterocycles. The molecule has 25 heavy (non-hydrogen) atoms. The molecule has 0 saturated carbocycles. The monoisotopic (exact) mass is 392 g/mol. The SMILES string of the molecule is CCn1c(SCC(=O)Nc2ccc(Cl)cc2)nnc1-c1csc(C)c1. The molecule has 0 spiro atoms. The van der Waals surface area contributed by atoms with Crippen LogP contribution < -0.4 is 5.32 Å². The van der Waals surface area contributed by atoms with Gasteiger partial charge in [0, 0.05) is 33.1 Å². The van der Waals surface area contributed by atoms with Gasteiger partial charge < -0.3 is 9.88 Å². The van der Waals surface area contributed by atoms with Gasteiger partial charge in [-0.2, -0.15) is 0 Å². The third kappa shape index (κ3) is 4.42. The van der Waals surface area contributed by atoms with Gasteiger partial charge in [0.05, 0.1) is 5.75 Å². The van der Waals surface area contributed by atoms with E-state index in [1.54, 1.807) is 35.6 Å². The molecule has 3 rings (SSSR count). The van der Waals surface area contributed by atoms with E-state index in [0.717, 1.165) is 28.8 Å². The van der Waals surface area contributed by atoms with E-state index in [1.165, 1.54) is 16.6 Å². The molecular formula is C17H17ClN4OS2. The molecule has 8 heteroatoms. The van der Waals surface area contributed by atoms with Gasteiger partial charge in [0.2, 0.25) is 5.91 Å². The number of hydrogen-bond donors (Lipinski definition) is 1. The van der Waals surface area contributed by atoms with Crippen molar-refractivity contribution in [1.29, 1.82) is 0 Å². The number of aryl methyl sites for hydroxylation is 1. The van der Waals surface area contributed by atoms with Gasteiger partial charge in [-0.3, -0.25) is 4.79 Å². The Labute approximate surface area is 159 Å². The number of aromatic nitrogens is 3. The van der Waals surface area contributed by atoms with E-state index in [1.807, 2.05) is 11.5 Å². The summed E-state index contributed by atoms with van der Waals surface area (Å²) in [7, 11) is 0. The fourth-order valence-electron chi connectivity index (χ4n) is 2.32. The smallest absolute Gasteiger partial charge is 0.234 e. The number of halogens is 1. The maximum atomic E-state index is 12.1. The summed E-state index contributed by atoms with van der Waals surface area (Å²) in [5.74, 6) is 1.02. The minimum absolute atomic E-state index is 0.0918. The summed E-state index contributed by atoms with van der Waals surface area (Å²) >= 11 is 8.91. The highest BCUT2D eigenvalue weighted by atomic mass is 35.5. The molecule has 130 valence electrons. The first-order chi connectivity index (χ1) is 12.1. The molecule has 0 aliphatic heterocycles. The van der Waals surface area contributed by atoms with E-state index in [9.17, 15) is 4.79 Å². The number of thiophene rings is 1. The molecule has 1 amide bonds. The van der Waals surface area contributed by atoms with Crippen LogP contribution >= 0.6 is 34.7 Å². The lowest BCUT2D eigenvalue weighted by Crippen LogP contribution is -2.14. The second-order valence-electron chi connectivity index (χ2n) is 5.34. The van der Waals surface area contributed by atoms with Gasteiger partial charge in [0.15, 0.2) is 11.0 Å². The minimum atomic E-state index is -0.0918. The molecule has 0 atom stereocenters. The molecule has 0 bridgehead atoms. The Hall–Kier alpha value is -1.83. The van der Waals surface area contributed by atoms with E-state index in [0.29, 0.717) is 5.02 Å². The molecule has 0 fully saturated rings. The van der Waals surface area contributed by atoms with E-state index < -0.39 is 0 Å². The molecular weight excluding hydrogens is 376 g/mol. The van der Waals surface area contributed by atoms with Crippen LogP contribution in [0.5, 0.6) is 0 Å². The van der Waals surface area contributed by atoms with E-state index in [-0.39, 0.29) is 11.7 Å². The summed E-state index contributed by atoms with van der Waals surface area (Å²) in [6.07, 6.45) is 0. The summed E-state index contributed by atoms with van der Waals surface area (Å²) in [6.45, 7) is 4.86. The van der Waals surface area contributed by atoms with Crippen molar-refractivity contribution in [3.05, 3.63) is 45.6 Å². The van der Waals surface area contributed by atoms with Gasteiger partial charge in [-0.05, 0) is 44.2 Å². The fourth-order valence-corrected chi connectivity index (χ4v) is 3.92. The molecule has 0 aliphatic carbocycles. The quantitative estimate of drug-likeness (QED) is 0.616. The van der Waals surface area contributed by atoms with Crippen molar-refractivity contribution in [2.75, 3.05) is 11.1 Å². The Balaban J connectivity index is 1.66. The Bertz CT molecular complexity index is 873. The number of benzene rings is 1. The maximum absolute atomic E-state index is 12.1. The summed E-state index contributed by atoms with van der Waals surface area (Å²) in [4.78, 5) is 13.4. The molecule has 1 aromatic carbocycles. The average molecular weight is 393 g/mol. The minimum Gasteiger partial charge on any atom is -0.325 e. The van der Waals surface area contributed by atoms with Crippen molar-refractivity contribution in [1.82, 2.24) is 14.8 Å². The molecule has 0 radical (unpaired) electrons. The number of anilines is 1. The van der Waals surface area contributed by atoms with E-state index in [2.05, 4.69) is 33.9 Å². The first kappa shape index (κ1) is 18.0. The van der Waals surface area contributed by atoms with Gasteiger partial charge >= 0.3 is 0 Å². The van der Waals surface area contributed by atoms with Crippen molar-refractivity contribution in [2.24, 2.45) is 0 Å². The predicted octanol–water partition coefficient (Wildman–Crippen LogP) is 4.72. The third-order valence-corrected chi connectivity index (χ3v) is 5.56. The van der Waals surface area contributed by atoms with Crippen LogP contribution in [0.3, 0.4) is 0 Å². The van der Waals surface area contributed by atoms with Gasteiger partial charge in [0.25, 0.3) is 0 Å². The number of carbonyl (C=O) groups is 1. The Morgan fingerprint density at radius 1 is 1.32 bits per heavy atom. The van der Waals surface area contributed by atoms with Crippen molar-refractivity contribution < 1.29 is 4.79 Å². The first-order valence-electron chi connectivity index (χ1n) is 7.73. The number of amides is 1. The molecule has 0 aliphatic rings. The Morgan fingerprint density at radius 2 is 2.08 bits per heavy atom. The topological polar surface area (TPSA) is 59.8 Å². The second kappa shape index (κ2) is 8.03. The highest BCUT2D eigenvalue weighted by Crippen LogP contribution is 2.27. The van der Waals surface area contributed by atoms with Crippen LogP contribution in [0.25, 0.3) is 11.4 Å². The van der Waals surface area contributed by atoms with Crippen molar-refractivity contribution >= 4 is 46.3 Å². The van der Waals surface area contributed by atoms with E-state index in [4.69, 9.17) is 11.6 Å². The molecule has 0 unspecified atom stereocenters. The zero-order chi connectivity index (χ0) is 17.8. The normalized spacial score (nSPS) is 10.8. The van der Waals surface area contributed by atoms with Crippen LogP contribution in [0, 0.1) is 6.92 Å². The zero-order valence-electron chi connectivity index (χ0n) is 13.8. The zero-order valence-corrected chi connectivity index (χ0v) is 16.2. The first-order valence-corrected chi connectivity index (χ1v) is 9.98. The lowest BCUT2D eigenvalue weighted by Gasteiger charge is -2.07. The highest BCUT2D eigenvalue weighted by Gasteiger charge is 2.15. The lowest BCUT2D eigenvalue weighted by atomic mass is 10.3. The number of rotatable bonds is 6. The lowest BCUT2D eigenvalue weighted by molar-refractivity contribution is -0.113. The number of nitrogens with zero attached hydrogens (tertiary/aromatic N) is 3. The van der Waals surface area contributed by atoms with Crippen LogP contribution in [0.1, 0.15) is 11.8 Å². The summed E-state index contributed by atoms with van der Waals surface area (Å²) < 4.78 is 2.03. The van der Waals surface area contributed by atoms with Crippen LogP contribution in [-0.2, 0) is 11.3 Å². The third-order valence-electron chi connectivity index (χ3n) is 3.48. The van der Waals surface area contributed by atoms with Gasteiger partial charge in [-0.25, -0.2) is 0 Å². The summed E-state index contributed by atoms with van der Waals surface area (Å²) in [5.41, 5.74) is 1.79. The molecule has 0 saturated heterocycles. The molecule has 3 aromatic rings. The fraction of sp³-hybridized carbons (Fsp3) is 0.235. The summed E-state index contributed by atoms with van der Waals surface area (Å²) in [6, 6.07) is 9.13. The number of carbonyl (C=O) groups excluding carboxylic acids is 1. The summed E-state index contributed by atoms with van der Waals surface area (Å²) in [5, 5.41) is 14.8. The number of nitrogens with one attached hydrogen (secondary N) is 1. The van der Waals surface area contributed by atoms with Gasteiger partial charge in [0.1, 0.15) is 0 Å². The molecule has 1 N–H and O–H groups in total. The van der Waals surface area contributed by atoms with Crippen LogP contribution in [-0.4, -0.2) is 26.4 Å². The maximum Gasteiger partial charge on any atom is 0.234 e. The van der Waals surface area contributed by atoms with Crippen molar-refractivity contribution in [2.45, 2.75) is 25.5 Å². The van der Waals surface area contributed by atoms with Crippen molar-refractivity contribution in [3.8, 4) is 11.4 Å². The van der Waals surface area contributed by atoms with Gasteiger partial charge in [-0.1, -0.05) is 23.4 Å². The molecule has 2 aromatic heterocycles. The second-order valence-corrected chi connectivity index (χ2v) is 7.83. The Kier molecular flexibility index (Phi) is 5.78. The van der Waals surface area contributed by atoms with E-state index >= 15 is 0 Å². The molecule has 5 nitrogen and oxygen atoms in total. The average Bonchev–Trinajstić information content (AvgIpc) is 3.20. The predicted molar refractivity (Wildman–Crippen MR) is 105 cm³/mol. The highest BCUT2D eigenvalue weighted by molar-refractivity contribution is 7.99. The standard InChI is InChI=1S/C17H17ClN4OS2/c1-3-22-16(12-8-11(2)24-9-12)20-21-17(22)25-10-15(23)19-14-6-4-13(18)5-7-14/h4-9H,3,10H2,1-2H3,(H,19,23). The number of hydrogen-bond acceptors (Lipinski definition) is 5.